The summed E-state index contributed by atoms with van der Waals surface area (Å²) in [4.78, 5) is 0. The van der Waals surface area contributed by atoms with Gasteiger partial charge in [0.2, 0.25) is 0 Å². The molecule has 0 aliphatic rings. The van der Waals surface area contributed by atoms with Crippen molar-refractivity contribution in [2.75, 3.05) is 0 Å². The van der Waals surface area contributed by atoms with Crippen molar-refractivity contribution in [2.45, 2.75) is 158 Å². The Bertz CT molecular complexity index is 346. The third-order valence-electron chi connectivity index (χ3n) is 8.27. The Balaban J connectivity index is 4.24. The fourth-order valence-corrected chi connectivity index (χ4v) is 5.45. The van der Waals surface area contributed by atoms with Crippen LogP contribution in [0.4, 0.5) is 0 Å². The molecule has 0 spiro atoms. The van der Waals surface area contributed by atoms with Crippen LogP contribution in [0.15, 0.2) is 0 Å². The average molecular weight is 423 g/mol. The van der Waals surface area contributed by atoms with Crippen LogP contribution in [-0.2, 0) is 0 Å². The predicted molar refractivity (Wildman–Crippen MR) is 140 cm³/mol. The molecule has 0 amide bonds. The van der Waals surface area contributed by atoms with Crippen LogP contribution in [0.5, 0.6) is 0 Å². The lowest BCUT2D eigenvalue weighted by molar-refractivity contribution is 0.241. The molecule has 0 saturated carbocycles. The number of rotatable bonds is 21. The summed E-state index contributed by atoms with van der Waals surface area (Å²) in [5.41, 5.74) is 0. The van der Waals surface area contributed by atoms with E-state index in [1.54, 1.807) is 0 Å². The number of hydrogen-bond donors (Lipinski definition) is 0. The van der Waals surface area contributed by atoms with E-state index in [4.69, 9.17) is 0 Å². The molecule has 0 aliphatic carbocycles. The first-order valence-electron chi connectivity index (χ1n) is 14.4. The van der Waals surface area contributed by atoms with Gasteiger partial charge in [0.25, 0.3) is 0 Å². The van der Waals surface area contributed by atoms with Crippen LogP contribution in [0.25, 0.3) is 0 Å². The minimum atomic E-state index is 0.902. The van der Waals surface area contributed by atoms with Crippen molar-refractivity contribution >= 4 is 0 Å². The van der Waals surface area contributed by atoms with Crippen LogP contribution < -0.4 is 0 Å². The minimum Gasteiger partial charge on any atom is -0.0654 e. The Hall–Kier alpha value is 0. The minimum absolute atomic E-state index is 0.902. The topological polar surface area (TPSA) is 0 Å². The van der Waals surface area contributed by atoms with Crippen LogP contribution in [0, 0.1) is 35.5 Å². The molecule has 0 aromatic rings. The largest absolute Gasteiger partial charge is 0.0654 e. The summed E-state index contributed by atoms with van der Waals surface area (Å²) in [6.45, 7) is 19.4. The quantitative estimate of drug-likeness (QED) is 0.161. The maximum absolute atomic E-state index is 2.55. The Labute approximate surface area is 193 Å². The van der Waals surface area contributed by atoms with Gasteiger partial charge in [-0.25, -0.2) is 0 Å². The summed E-state index contributed by atoms with van der Waals surface area (Å²) in [5.74, 6) is 5.61. The van der Waals surface area contributed by atoms with Gasteiger partial charge in [-0.05, 0) is 48.3 Å². The highest BCUT2D eigenvalue weighted by Gasteiger charge is 2.20. The van der Waals surface area contributed by atoms with Gasteiger partial charge in [0.05, 0.1) is 0 Å². The predicted octanol–water partition coefficient (Wildman–Crippen LogP) is 11.1. The monoisotopic (exact) mass is 422 g/mol. The van der Waals surface area contributed by atoms with E-state index in [-0.39, 0.29) is 0 Å². The van der Waals surface area contributed by atoms with Crippen molar-refractivity contribution in [1.82, 2.24) is 0 Å². The molecular weight excluding hydrogens is 360 g/mol. The molecule has 0 aromatic heterocycles. The summed E-state index contributed by atoms with van der Waals surface area (Å²) in [5, 5.41) is 0. The standard InChI is InChI=1S/C30H62/c1-9-13-20-30(24-28(8)27(7)17-10-2)23-26(6)19-16-22-29(12-4)21-15-14-18-25(5)11-3/h25-30H,9-24H2,1-8H3. The normalized spacial score (nSPS) is 18.0. The van der Waals surface area contributed by atoms with Crippen LogP contribution in [0.1, 0.15) is 158 Å². The zero-order chi connectivity index (χ0) is 22.8. The molecule has 0 radical (unpaired) electrons. The first kappa shape index (κ1) is 30.0. The van der Waals surface area contributed by atoms with Gasteiger partial charge < -0.3 is 0 Å². The van der Waals surface area contributed by atoms with Gasteiger partial charge >= 0.3 is 0 Å². The summed E-state index contributed by atoms with van der Waals surface area (Å²) in [6, 6.07) is 0. The summed E-state index contributed by atoms with van der Waals surface area (Å²) in [7, 11) is 0. The molecule has 0 fully saturated rings. The van der Waals surface area contributed by atoms with Gasteiger partial charge in [-0.15, -0.1) is 0 Å². The van der Waals surface area contributed by atoms with E-state index in [1.807, 2.05) is 0 Å². The van der Waals surface area contributed by atoms with Crippen molar-refractivity contribution in [1.29, 1.82) is 0 Å². The average Bonchev–Trinajstić information content (AvgIpc) is 2.73. The van der Waals surface area contributed by atoms with E-state index in [0.29, 0.717) is 0 Å². The van der Waals surface area contributed by atoms with E-state index >= 15 is 0 Å². The highest BCUT2D eigenvalue weighted by Crippen LogP contribution is 2.32. The second kappa shape index (κ2) is 19.7. The number of hydrogen-bond acceptors (Lipinski definition) is 0. The van der Waals surface area contributed by atoms with Crippen molar-refractivity contribution in [2.24, 2.45) is 35.5 Å². The molecule has 182 valence electrons. The van der Waals surface area contributed by atoms with Gasteiger partial charge in [0.1, 0.15) is 0 Å². The SMILES string of the molecule is CCCCC(CC(C)CCCC(CC)CCCCC(C)CC)CC(C)C(C)CCC. The van der Waals surface area contributed by atoms with E-state index < -0.39 is 0 Å². The molecular formula is C30H62. The van der Waals surface area contributed by atoms with Crippen LogP contribution in [0.3, 0.4) is 0 Å². The summed E-state index contributed by atoms with van der Waals surface area (Å²) in [6.07, 6.45) is 23.0. The zero-order valence-electron chi connectivity index (χ0n) is 22.8. The third-order valence-corrected chi connectivity index (χ3v) is 8.27. The highest BCUT2D eigenvalue weighted by atomic mass is 14.3. The second-order valence-corrected chi connectivity index (χ2v) is 11.3. The lowest BCUT2D eigenvalue weighted by atomic mass is 9.78. The highest BCUT2D eigenvalue weighted by molar-refractivity contribution is 4.71. The zero-order valence-corrected chi connectivity index (χ0v) is 22.8. The Morgan fingerprint density at radius 3 is 1.63 bits per heavy atom. The van der Waals surface area contributed by atoms with Crippen molar-refractivity contribution in [3.63, 3.8) is 0 Å². The molecule has 0 aliphatic heterocycles. The van der Waals surface area contributed by atoms with Crippen molar-refractivity contribution in [3.8, 4) is 0 Å². The molecule has 0 aromatic carbocycles. The first-order chi connectivity index (χ1) is 14.4. The fourth-order valence-electron chi connectivity index (χ4n) is 5.45. The molecule has 6 unspecified atom stereocenters. The van der Waals surface area contributed by atoms with Gasteiger partial charge in [0.15, 0.2) is 0 Å². The van der Waals surface area contributed by atoms with Crippen molar-refractivity contribution < 1.29 is 0 Å². The molecule has 0 rings (SSSR count). The summed E-state index contributed by atoms with van der Waals surface area (Å²) >= 11 is 0. The second-order valence-electron chi connectivity index (χ2n) is 11.3. The molecule has 0 N–H and O–H groups in total. The van der Waals surface area contributed by atoms with E-state index in [9.17, 15) is 0 Å². The Morgan fingerprint density at radius 2 is 1.03 bits per heavy atom. The third kappa shape index (κ3) is 15.8. The molecule has 0 heterocycles. The lowest BCUT2D eigenvalue weighted by Crippen LogP contribution is -2.16. The van der Waals surface area contributed by atoms with Gasteiger partial charge in [-0.1, -0.05) is 145 Å². The molecule has 0 saturated heterocycles. The maximum atomic E-state index is 2.55. The van der Waals surface area contributed by atoms with Crippen LogP contribution >= 0.6 is 0 Å². The van der Waals surface area contributed by atoms with Crippen LogP contribution in [-0.4, -0.2) is 0 Å². The van der Waals surface area contributed by atoms with Gasteiger partial charge in [-0.2, -0.15) is 0 Å². The van der Waals surface area contributed by atoms with Crippen molar-refractivity contribution in [3.05, 3.63) is 0 Å². The fraction of sp³-hybridized carbons (Fsp3) is 1.00. The van der Waals surface area contributed by atoms with Gasteiger partial charge in [0, 0.05) is 0 Å². The first-order valence-corrected chi connectivity index (χ1v) is 14.4. The maximum Gasteiger partial charge on any atom is -0.0409 e. The van der Waals surface area contributed by atoms with E-state index in [1.165, 1.54) is 103 Å². The Morgan fingerprint density at radius 1 is 0.433 bits per heavy atom. The Kier molecular flexibility index (Phi) is 19.7. The molecule has 0 heteroatoms. The smallest absolute Gasteiger partial charge is 0.0409 e. The number of unbranched alkanes of at least 4 members (excludes halogenated alkanes) is 2. The summed E-state index contributed by atoms with van der Waals surface area (Å²) < 4.78 is 0. The van der Waals surface area contributed by atoms with Gasteiger partial charge in [-0.3, -0.25) is 0 Å². The molecule has 6 atom stereocenters. The molecule has 0 bridgehead atoms. The van der Waals surface area contributed by atoms with Crippen LogP contribution in [0.2, 0.25) is 0 Å². The lowest BCUT2D eigenvalue weighted by Gasteiger charge is -2.27. The molecule has 0 nitrogen and oxygen atoms in total. The van der Waals surface area contributed by atoms with E-state index in [2.05, 4.69) is 55.4 Å². The van der Waals surface area contributed by atoms with E-state index in [0.717, 1.165) is 35.5 Å². The molecule has 30 heavy (non-hydrogen) atoms.